The molecule has 0 saturated carbocycles. The fraction of sp³-hybridized carbons (Fsp3) is 0.250. The molecule has 2 rings (SSSR count). The highest BCUT2D eigenvalue weighted by molar-refractivity contribution is 7.13. The average molecular weight is 346 g/mol. The number of nitrogens with one attached hydrogen (secondary N) is 2. The average Bonchev–Trinajstić information content (AvgIpc) is 2.96. The Hall–Kier alpha value is -2.74. The smallest absolute Gasteiger partial charge is 0.311 e. The summed E-state index contributed by atoms with van der Waals surface area (Å²) in [7, 11) is 0. The van der Waals surface area contributed by atoms with Crippen LogP contribution in [-0.2, 0) is 20.7 Å². The van der Waals surface area contributed by atoms with E-state index in [4.69, 9.17) is 4.74 Å². The summed E-state index contributed by atoms with van der Waals surface area (Å²) in [6, 6.07) is 7.32. The van der Waals surface area contributed by atoms with Gasteiger partial charge in [-0.15, -0.1) is 11.3 Å². The predicted molar refractivity (Wildman–Crippen MR) is 94.4 cm³/mol. The lowest BCUT2D eigenvalue weighted by molar-refractivity contribution is -0.142. The van der Waals surface area contributed by atoms with Crippen LogP contribution in [-0.4, -0.2) is 29.7 Å². The Labute approximate surface area is 143 Å². The van der Waals surface area contributed by atoms with E-state index in [-0.39, 0.29) is 18.3 Å². The Kier molecular flexibility index (Phi) is 6.44. The molecule has 24 heavy (non-hydrogen) atoms. The predicted octanol–water partition coefficient (Wildman–Crippen LogP) is 2.65. The van der Waals surface area contributed by atoms with E-state index < -0.39 is 0 Å². The molecule has 1 heterocycles. The third kappa shape index (κ3) is 5.47. The maximum atomic E-state index is 11.4. The van der Waals surface area contributed by atoms with Crippen molar-refractivity contribution in [3.05, 3.63) is 40.9 Å². The molecular formula is C16H18N4O3S. The lowest BCUT2D eigenvalue weighted by Gasteiger charge is -2.05. The van der Waals surface area contributed by atoms with Gasteiger partial charge in [-0.2, -0.15) is 5.10 Å². The Balaban J connectivity index is 1.96. The summed E-state index contributed by atoms with van der Waals surface area (Å²) in [5, 5.41) is 9.20. The van der Waals surface area contributed by atoms with Gasteiger partial charge in [-0.25, -0.2) is 4.98 Å². The lowest BCUT2D eigenvalue weighted by Crippen LogP contribution is -2.08. The quantitative estimate of drug-likeness (QED) is 0.457. The fourth-order valence-corrected chi connectivity index (χ4v) is 2.53. The summed E-state index contributed by atoms with van der Waals surface area (Å²) in [5.41, 5.74) is 4.89. The zero-order valence-electron chi connectivity index (χ0n) is 13.4. The fourth-order valence-electron chi connectivity index (χ4n) is 1.87. The second kappa shape index (κ2) is 8.78. The molecule has 0 bridgehead atoms. The number of thiazole rings is 1. The highest BCUT2D eigenvalue weighted by Crippen LogP contribution is 2.17. The number of rotatable bonds is 7. The largest absolute Gasteiger partial charge is 0.466 e. The van der Waals surface area contributed by atoms with Crippen molar-refractivity contribution in [2.24, 2.45) is 5.10 Å². The highest BCUT2D eigenvalue weighted by Gasteiger charge is 2.08. The van der Waals surface area contributed by atoms with Crippen molar-refractivity contribution in [1.29, 1.82) is 0 Å². The van der Waals surface area contributed by atoms with E-state index in [2.05, 4.69) is 20.8 Å². The minimum absolute atomic E-state index is 0.140. The Morgan fingerprint density at radius 3 is 2.92 bits per heavy atom. The van der Waals surface area contributed by atoms with Crippen molar-refractivity contribution in [2.45, 2.75) is 20.3 Å². The molecule has 8 heteroatoms. The number of nitrogens with zero attached hydrogens (tertiary/aromatic N) is 2. The normalized spacial score (nSPS) is 10.6. The van der Waals surface area contributed by atoms with Gasteiger partial charge < -0.3 is 10.1 Å². The summed E-state index contributed by atoms with van der Waals surface area (Å²) in [4.78, 5) is 26.8. The topological polar surface area (TPSA) is 92.7 Å². The maximum Gasteiger partial charge on any atom is 0.311 e. The molecule has 0 unspecified atom stereocenters. The van der Waals surface area contributed by atoms with Crippen LogP contribution < -0.4 is 10.7 Å². The monoisotopic (exact) mass is 346 g/mol. The molecule has 1 aromatic heterocycles. The van der Waals surface area contributed by atoms with Crippen LogP contribution in [0.25, 0.3) is 0 Å². The first-order valence-corrected chi connectivity index (χ1v) is 8.22. The van der Waals surface area contributed by atoms with Crippen LogP contribution in [0.1, 0.15) is 25.1 Å². The molecule has 0 saturated heterocycles. The first-order valence-electron chi connectivity index (χ1n) is 7.34. The summed E-state index contributed by atoms with van der Waals surface area (Å²) >= 11 is 1.35. The molecule has 1 amide bonds. The van der Waals surface area contributed by atoms with Crippen molar-refractivity contribution in [1.82, 2.24) is 4.98 Å². The number of ether oxygens (including phenoxy) is 1. The molecule has 0 aliphatic rings. The molecule has 7 nitrogen and oxygen atoms in total. The summed E-state index contributed by atoms with van der Waals surface area (Å²) in [5.74, 6) is -0.450. The first-order chi connectivity index (χ1) is 11.6. The van der Waals surface area contributed by atoms with Gasteiger partial charge in [-0.05, 0) is 13.0 Å². The number of hydrogen-bond donors (Lipinski definition) is 2. The maximum absolute atomic E-state index is 11.4. The van der Waals surface area contributed by atoms with Gasteiger partial charge in [-0.3, -0.25) is 15.0 Å². The summed E-state index contributed by atoms with van der Waals surface area (Å²) in [6.45, 7) is 3.57. The Bertz CT molecular complexity index is 742. The minimum Gasteiger partial charge on any atom is -0.466 e. The van der Waals surface area contributed by atoms with Crippen LogP contribution in [0.4, 0.5) is 10.8 Å². The zero-order chi connectivity index (χ0) is 17.4. The number of carbonyl (C=O) groups excluding carboxylic acids is 2. The number of esters is 1. The molecule has 2 aromatic rings. The van der Waals surface area contributed by atoms with Gasteiger partial charge >= 0.3 is 5.97 Å². The van der Waals surface area contributed by atoms with Gasteiger partial charge in [0.25, 0.3) is 0 Å². The first kappa shape index (κ1) is 17.6. The van der Waals surface area contributed by atoms with Crippen LogP contribution in [0.5, 0.6) is 0 Å². The summed E-state index contributed by atoms with van der Waals surface area (Å²) in [6.07, 6.45) is 1.73. The van der Waals surface area contributed by atoms with E-state index in [0.29, 0.717) is 23.1 Å². The molecule has 0 fully saturated rings. The molecule has 0 aliphatic heterocycles. The SMILES string of the molecule is CCOC(=O)Cc1csc(NN=Cc2ccccc2NC(C)=O)n1. The number of aromatic nitrogens is 1. The third-order valence-electron chi connectivity index (χ3n) is 2.82. The van der Waals surface area contributed by atoms with Crippen molar-refractivity contribution in [2.75, 3.05) is 17.3 Å². The minimum atomic E-state index is -0.304. The molecule has 1 aromatic carbocycles. The number of hydrazone groups is 1. The van der Waals surface area contributed by atoms with Crippen LogP contribution in [0.15, 0.2) is 34.7 Å². The van der Waals surface area contributed by atoms with Gasteiger partial charge in [0.1, 0.15) is 0 Å². The van der Waals surface area contributed by atoms with E-state index in [1.54, 1.807) is 24.6 Å². The zero-order valence-corrected chi connectivity index (χ0v) is 14.2. The van der Waals surface area contributed by atoms with Crippen molar-refractivity contribution >= 4 is 40.2 Å². The van der Waals surface area contributed by atoms with Gasteiger partial charge in [-0.1, -0.05) is 18.2 Å². The molecule has 0 radical (unpaired) electrons. The van der Waals surface area contributed by atoms with Gasteiger partial charge in [0.05, 0.1) is 24.9 Å². The molecule has 126 valence electrons. The van der Waals surface area contributed by atoms with E-state index in [9.17, 15) is 9.59 Å². The molecular weight excluding hydrogens is 328 g/mol. The highest BCUT2D eigenvalue weighted by atomic mass is 32.1. The third-order valence-corrected chi connectivity index (χ3v) is 3.61. The van der Waals surface area contributed by atoms with E-state index in [0.717, 1.165) is 5.56 Å². The van der Waals surface area contributed by atoms with Crippen LogP contribution in [0.3, 0.4) is 0 Å². The van der Waals surface area contributed by atoms with E-state index in [1.165, 1.54) is 18.3 Å². The number of para-hydroxylation sites is 1. The van der Waals surface area contributed by atoms with Crippen molar-refractivity contribution in [3.8, 4) is 0 Å². The number of hydrogen-bond acceptors (Lipinski definition) is 7. The number of benzene rings is 1. The number of amides is 1. The number of anilines is 2. The molecule has 2 N–H and O–H groups in total. The van der Waals surface area contributed by atoms with Gasteiger partial charge in [0, 0.05) is 23.6 Å². The van der Waals surface area contributed by atoms with E-state index >= 15 is 0 Å². The summed E-state index contributed by atoms with van der Waals surface area (Å²) < 4.78 is 4.88. The van der Waals surface area contributed by atoms with Gasteiger partial charge in [0.2, 0.25) is 11.0 Å². The number of carbonyl (C=O) groups is 2. The molecule has 0 atom stereocenters. The van der Waals surface area contributed by atoms with Crippen LogP contribution in [0, 0.1) is 0 Å². The molecule has 0 spiro atoms. The second-order valence-corrected chi connectivity index (χ2v) is 5.62. The van der Waals surface area contributed by atoms with E-state index in [1.807, 2.05) is 18.2 Å². The Morgan fingerprint density at radius 2 is 2.17 bits per heavy atom. The van der Waals surface area contributed by atoms with Crippen LogP contribution in [0.2, 0.25) is 0 Å². The molecule has 0 aliphatic carbocycles. The Morgan fingerprint density at radius 1 is 1.38 bits per heavy atom. The van der Waals surface area contributed by atoms with Crippen LogP contribution >= 0.6 is 11.3 Å². The second-order valence-electron chi connectivity index (χ2n) is 4.76. The van der Waals surface area contributed by atoms with Crippen molar-refractivity contribution < 1.29 is 14.3 Å². The van der Waals surface area contributed by atoms with Gasteiger partial charge in [0.15, 0.2) is 0 Å². The standard InChI is InChI=1S/C16H18N4O3S/c1-3-23-15(22)8-13-10-24-16(19-13)20-17-9-12-6-4-5-7-14(12)18-11(2)21/h4-7,9-10H,3,8H2,1-2H3,(H,18,21)(H,19,20). The van der Waals surface area contributed by atoms with Crippen molar-refractivity contribution in [3.63, 3.8) is 0 Å². The lowest BCUT2D eigenvalue weighted by atomic mass is 10.2.